The first-order chi connectivity index (χ1) is 14.4. The lowest BCUT2D eigenvalue weighted by Gasteiger charge is -2.30. The number of sulfonamides is 1. The van der Waals surface area contributed by atoms with Gasteiger partial charge in [-0.25, -0.2) is 12.8 Å². The number of hydrogen-bond acceptors (Lipinski definition) is 4. The lowest BCUT2D eigenvalue weighted by Crippen LogP contribution is -2.48. The molecular formula is C23H31FN2O4S. The van der Waals surface area contributed by atoms with Gasteiger partial charge in [0.15, 0.2) is 0 Å². The van der Waals surface area contributed by atoms with Gasteiger partial charge in [-0.05, 0) is 67.6 Å². The van der Waals surface area contributed by atoms with Crippen LogP contribution in [0.15, 0.2) is 36.4 Å². The van der Waals surface area contributed by atoms with Gasteiger partial charge in [-0.3, -0.25) is 9.10 Å². The van der Waals surface area contributed by atoms with E-state index >= 15 is 0 Å². The zero-order valence-corrected chi connectivity index (χ0v) is 19.9. The lowest BCUT2D eigenvalue weighted by molar-refractivity contribution is -0.122. The molecule has 2 atom stereocenters. The molecule has 6 nitrogen and oxygen atoms in total. The molecule has 0 aliphatic rings. The second-order valence-electron chi connectivity index (χ2n) is 8.02. The summed E-state index contributed by atoms with van der Waals surface area (Å²) in [5.41, 5.74) is 2.70. The van der Waals surface area contributed by atoms with Crippen LogP contribution < -0.4 is 14.4 Å². The Morgan fingerprint density at radius 2 is 1.71 bits per heavy atom. The van der Waals surface area contributed by atoms with Crippen LogP contribution in [0.3, 0.4) is 0 Å². The first-order valence-electron chi connectivity index (χ1n) is 10.1. The molecule has 0 aliphatic heterocycles. The van der Waals surface area contributed by atoms with Gasteiger partial charge in [-0.2, -0.15) is 0 Å². The number of amides is 1. The van der Waals surface area contributed by atoms with Crippen molar-refractivity contribution in [1.29, 1.82) is 0 Å². The summed E-state index contributed by atoms with van der Waals surface area (Å²) in [6, 6.07) is 7.89. The number of ether oxygens (including phenoxy) is 1. The zero-order chi connectivity index (χ0) is 23.5. The van der Waals surface area contributed by atoms with E-state index in [0.29, 0.717) is 0 Å². The number of benzene rings is 2. The molecule has 1 amide bonds. The third kappa shape index (κ3) is 5.55. The average molecular weight is 451 g/mol. The average Bonchev–Trinajstić information content (AvgIpc) is 2.67. The van der Waals surface area contributed by atoms with E-state index < -0.39 is 27.8 Å². The summed E-state index contributed by atoms with van der Waals surface area (Å²) < 4.78 is 45.4. The summed E-state index contributed by atoms with van der Waals surface area (Å²) in [4.78, 5) is 13.0. The van der Waals surface area contributed by atoms with Gasteiger partial charge in [0, 0.05) is 0 Å². The molecular weight excluding hydrogens is 419 g/mol. The van der Waals surface area contributed by atoms with Gasteiger partial charge in [0.25, 0.3) is 0 Å². The fourth-order valence-corrected chi connectivity index (χ4v) is 4.81. The van der Waals surface area contributed by atoms with Crippen LogP contribution >= 0.6 is 0 Å². The molecule has 170 valence electrons. The molecule has 0 fully saturated rings. The van der Waals surface area contributed by atoms with E-state index in [0.717, 1.165) is 39.1 Å². The quantitative estimate of drug-likeness (QED) is 0.651. The van der Waals surface area contributed by atoms with Crippen molar-refractivity contribution < 1.29 is 22.3 Å². The Labute approximate surface area is 184 Å². The minimum atomic E-state index is -3.90. The molecule has 1 N–H and O–H groups in total. The molecule has 2 aromatic carbocycles. The number of hydrogen-bond donors (Lipinski definition) is 1. The Bertz CT molecular complexity index is 1050. The lowest BCUT2D eigenvalue weighted by atomic mass is 9.93. The Kier molecular flexibility index (Phi) is 7.70. The van der Waals surface area contributed by atoms with Crippen molar-refractivity contribution in [3.8, 4) is 5.75 Å². The molecule has 2 aromatic rings. The number of para-hydroxylation sites is 1. The van der Waals surface area contributed by atoms with Gasteiger partial charge in [-0.1, -0.05) is 26.0 Å². The van der Waals surface area contributed by atoms with Crippen molar-refractivity contribution in [2.75, 3.05) is 17.7 Å². The topological polar surface area (TPSA) is 75.7 Å². The van der Waals surface area contributed by atoms with Crippen LogP contribution in [-0.2, 0) is 14.8 Å². The van der Waals surface area contributed by atoms with Crippen molar-refractivity contribution in [3.05, 3.63) is 58.9 Å². The van der Waals surface area contributed by atoms with Crippen LogP contribution in [0.4, 0.5) is 10.1 Å². The minimum absolute atomic E-state index is 0.164. The van der Waals surface area contributed by atoms with E-state index in [9.17, 15) is 17.6 Å². The van der Waals surface area contributed by atoms with Gasteiger partial charge in [0.2, 0.25) is 15.9 Å². The van der Waals surface area contributed by atoms with Crippen LogP contribution in [0.2, 0.25) is 0 Å². The number of methoxy groups -OCH3 is 1. The summed E-state index contributed by atoms with van der Waals surface area (Å²) in [6.45, 7) is 9.31. The third-order valence-corrected chi connectivity index (χ3v) is 6.47. The fraction of sp³-hybridized carbons (Fsp3) is 0.435. The summed E-state index contributed by atoms with van der Waals surface area (Å²) in [5.74, 6) is -0.237. The Balaban J connectivity index is 2.35. The van der Waals surface area contributed by atoms with Crippen LogP contribution in [0, 0.1) is 12.7 Å². The first-order valence-corrected chi connectivity index (χ1v) is 12.0. The molecule has 0 unspecified atom stereocenters. The Hall–Kier alpha value is -2.61. The maximum absolute atomic E-state index is 14.3. The number of aryl methyl sites for hydroxylation is 1. The molecule has 0 bridgehead atoms. The van der Waals surface area contributed by atoms with Crippen molar-refractivity contribution in [2.24, 2.45) is 0 Å². The molecule has 0 saturated heterocycles. The maximum atomic E-state index is 14.3. The molecule has 0 saturated carbocycles. The van der Waals surface area contributed by atoms with Gasteiger partial charge in [0.05, 0.1) is 25.1 Å². The van der Waals surface area contributed by atoms with Crippen LogP contribution in [-0.4, -0.2) is 33.7 Å². The number of carbonyl (C=O) groups excluding carboxylic acids is 1. The second-order valence-corrected chi connectivity index (χ2v) is 9.88. The van der Waals surface area contributed by atoms with Gasteiger partial charge in [-0.15, -0.1) is 0 Å². The van der Waals surface area contributed by atoms with E-state index in [4.69, 9.17) is 4.74 Å². The largest absolute Gasteiger partial charge is 0.496 e. The van der Waals surface area contributed by atoms with Crippen LogP contribution in [0.5, 0.6) is 5.75 Å². The van der Waals surface area contributed by atoms with E-state index in [1.165, 1.54) is 25.1 Å². The first kappa shape index (κ1) is 24.7. The molecule has 0 aliphatic carbocycles. The highest BCUT2D eigenvalue weighted by Gasteiger charge is 2.31. The molecule has 2 rings (SSSR count). The maximum Gasteiger partial charge on any atom is 0.244 e. The highest BCUT2D eigenvalue weighted by molar-refractivity contribution is 7.92. The normalized spacial score (nSPS) is 13.6. The molecule has 8 heteroatoms. The number of anilines is 1. The SMILES string of the molecule is COc1cc(C)c([C@@H](C)NC(=O)[C@@H](C)N(c2ccccc2F)S(C)(=O)=O)cc1C(C)C. The summed E-state index contributed by atoms with van der Waals surface area (Å²) in [7, 11) is -2.28. The predicted octanol–water partition coefficient (Wildman–Crippen LogP) is 4.30. The van der Waals surface area contributed by atoms with Gasteiger partial charge >= 0.3 is 0 Å². The third-order valence-electron chi connectivity index (χ3n) is 5.24. The Morgan fingerprint density at radius 3 is 2.23 bits per heavy atom. The molecule has 0 radical (unpaired) electrons. The molecule has 0 heterocycles. The van der Waals surface area contributed by atoms with Crippen molar-refractivity contribution in [1.82, 2.24) is 5.32 Å². The number of nitrogens with zero attached hydrogens (tertiary/aromatic N) is 1. The molecule has 0 spiro atoms. The predicted molar refractivity (Wildman–Crippen MR) is 122 cm³/mol. The smallest absolute Gasteiger partial charge is 0.244 e. The number of nitrogens with one attached hydrogen (secondary N) is 1. The monoisotopic (exact) mass is 450 g/mol. The minimum Gasteiger partial charge on any atom is -0.496 e. The number of rotatable bonds is 8. The second kappa shape index (κ2) is 9.68. The van der Waals surface area contributed by atoms with Crippen molar-refractivity contribution in [3.63, 3.8) is 0 Å². The van der Waals surface area contributed by atoms with Crippen LogP contribution in [0.25, 0.3) is 0 Å². The van der Waals surface area contributed by atoms with Crippen LogP contribution in [0.1, 0.15) is 56.3 Å². The van der Waals surface area contributed by atoms with E-state index in [1.807, 2.05) is 26.0 Å². The fourth-order valence-electron chi connectivity index (χ4n) is 3.63. The standard InChI is InChI=1S/C23H31FN2O4S/c1-14(2)18-13-19(15(3)12-22(18)30-6)16(4)25-23(27)17(5)26(31(7,28)29)21-11-9-8-10-20(21)24/h8-14,16-17H,1-7H3,(H,25,27)/t16-,17-/m1/s1. The van der Waals surface area contributed by atoms with Gasteiger partial charge in [0.1, 0.15) is 17.6 Å². The number of carbonyl (C=O) groups is 1. The highest BCUT2D eigenvalue weighted by atomic mass is 32.2. The van der Waals surface area contributed by atoms with E-state index in [1.54, 1.807) is 7.11 Å². The highest BCUT2D eigenvalue weighted by Crippen LogP contribution is 2.32. The zero-order valence-electron chi connectivity index (χ0n) is 19.1. The number of halogens is 1. The molecule has 31 heavy (non-hydrogen) atoms. The summed E-state index contributed by atoms with van der Waals surface area (Å²) >= 11 is 0. The van der Waals surface area contributed by atoms with E-state index in [2.05, 4.69) is 19.2 Å². The Morgan fingerprint density at radius 1 is 1.10 bits per heavy atom. The summed E-state index contributed by atoms with van der Waals surface area (Å²) in [6.07, 6.45) is 0.954. The van der Waals surface area contributed by atoms with Gasteiger partial charge < -0.3 is 10.1 Å². The van der Waals surface area contributed by atoms with Crippen molar-refractivity contribution in [2.45, 2.75) is 52.6 Å². The van der Waals surface area contributed by atoms with E-state index in [-0.39, 0.29) is 17.6 Å². The van der Waals surface area contributed by atoms with Crippen molar-refractivity contribution >= 4 is 21.6 Å². The summed E-state index contributed by atoms with van der Waals surface area (Å²) in [5, 5.41) is 2.87. The molecule has 0 aromatic heterocycles.